The first-order valence-electron chi connectivity index (χ1n) is 13.3. The highest BCUT2D eigenvalue weighted by Gasteiger charge is 2.31. The van der Waals surface area contributed by atoms with E-state index in [4.69, 9.17) is 23.7 Å². The Labute approximate surface area is 247 Å². The number of anilines is 1. The van der Waals surface area contributed by atoms with Crippen LogP contribution >= 0.6 is 0 Å². The molecule has 1 aliphatic rings. The standard InChI is InChI=1S/C30H34N2O9S/c1-20(2)18-31-30(34)22-16-23(29(26(17-22)38-14-13-33)40-25-12-8-7-11-24(25)37-3)32(42(35)36)27-19-39-28(41-27)15-21-9-5-4-6-10-21/h4-12,16-17,19-20,28,33H,13-15,18H2,1-3H3,(H,31,34)(H,35,36)/p-1. The van der Waals surface area contributed by atoms with Gasteiger partial charge in [-0.3, -0.25) is 9.00 Å². The summed E-state index contributed by atoms with van der Waals surface area (Å²) in [5.41, 5.74) is 0.937. The lowest BCUT2D eigenvalue weighted by Crippen LogP contribution is -2.29. The first kappa shape index (κ1) is 30.7. The average Bonchev–Trinajstić information content (AvgIpc) is 3.43. The number of nitrogens with zero attached hydrogens (tertiary/aromatic N) is 1. The van der Waals surface area contributed by atoms with Crippen LogP contribution in [0, 0.1) is 5.92 Å². The van der Waals surface area contributed by atoms with Gasteiger partial charge >= 0.3 is 0 Å². The van der Waals surface area contributed by atoms with Crippen molar-refractivity contribution in [2.24, 2.45) is 5.92 Å². The lowest BCUT2D eigenvalue weighted by molar-refractivity contribution is -0.0298. The number of carbonyl (C=O) groups is 1. The highest BCUT2D eigenvalue weighted by atomic mass is 32.2. The minimum atomic E-state index is -2.97. The Morgan fingerprint density at radius 1 is 1.10 bits per heavy atom. The number of para-hydroxylation sites is 2. The second-order valence-electron chi connectivity index (χ2n) is 9.59. The monoisotopic (exact) mass is 597 g/mol. The normalized spacial score (nSPS) is 14.8. The van der Waals surface area contributed by atoms with Crippen molar-refractivity contribution in [1.29, 1.82) is 0 Å². The Morgan fingerprint density at radius 3 is 2.48 bits per heavy atom. The van der Waals surface area contributed by atoms with Crippen molar-refractivity contribution in [1.82, 2.24) is 5.32 Å². The van der Waals surface area contributed by atoms with Crippen LogP contribution in [-0.4, -0.2) is 52.9 Å². The Hall–Kier alpha value is -4.26. The van der Waals surface area contributed by atoms with Crippen molar-refractivity contribution in [2.45, 2.75) is 26.6 Å². The highest BCUT2D eigenvalue weighted by molar-refractivity contribution is 7.80. The van der Waals surface area contributed by atoms with E-state index in [1.54, 1.807) is 24.3 Å². The van der Waals surface area contributed by atoms with Gasteiger partial charge in [-0.2, -0.15) is 0 Å². The van der Waals surface area contributed by atoms with Gasteiger partial charge in [0.05, 0.1) is 25.0 Å². The largest absolute Gasteiger partial charge is 0.755 e. The molecule has 2 unspecified atom stereocenters. The Kier molecular flexibility index (Phi) is 10.7. The van der Waals surface area contributed by atoms with Crippen LogP contribution in [0.1, 0.15) is 29.8 Å². The van der Waals surface area contributed by atoms with Crippen LogP contribution in [0.15, 0.2) is 78.9 Å². The molecule has 0 fully saturated rings. The van der Waals surface area contributed by atoms with E-state index in [0.29, 0.717) is 18.7 Å². The van der Waals surface area contributed by atoms with Crippen LogP contribution in [0.3, 0.4) is 0 Å². The van der Waals surface area contributed by atoms with Crippen LogP contribution in [0.25, 0.3) is 0 Å². The summed E-state index contributed by atoms with van der Waals surface area (Å²) in [6, 6.07) is 19.0. The molecule has 42 heavy (non-hydrogen) atoms. The molecular weight excluding hydrogens is 564 g/mol. The van der Waals surface area contributed by atoms with Crippen LogP contribution in [0.2, 0.25) is 0 Å². The van der Waals surface area contributed by atoms with Gasteiger partial charge in [-0.1, -0.05) is 56.3 Å². The molecule has 4 rings (SSSR count). The number of hydrogen-bond donors (Lipinski definition) is 2. The number of methoxy groups -OCH3 is 1. The number of nitrogens with one attached hydrogen (secondary N) is 1. The summed E-state index contributed by atoms with van der Waals surface area (Å²) in [4.78, 5) is 13.1. The first-order valence-corrected chi connectivity index (χ1v) is 14.3. The van der Waals surface area contributed by atoms with Crippen LogP contribution in [0.5, 0.6) is 23.0 Å². The fraction of sp³-hybridized carbons (Fsp3) is 0.300. The molecular formula is C30H33N2O9S-. The Balaban J connectivity index is 1.79. The second kappa shape index (κ2) is 14.6. The molecule has 1 heterocycles. The third-order valence-electron chi connectivity index (χ3n) is 5.98. The lowest BCUT2D eigenvalue weighted by atomic mass is 10.1. The number of aliphatic hydroxyl groups is 1. The zero-order chi connectivity index (χ0) is 30.1. The molecule has 1 amide bonds. The third-order valence-corrected chi connectivity index (χ3v) is 6.66. The van der Waals surface area contributed by atoms with Crippen LogP contribution in [-0.2, 0) is 27.2 Å². The lowest BCUT2D eigenvalue weighted by Gasteiger charge is -2.29. The number of benzene rings is 3. The summed E-state index contributed by atoms with van der Waals surface area (Å²) in [6.07, 6.45) is 0.748. The van der Waals surface area contributed by atoms with Crippen molar-refractivity contribution in [3.8, 4) is 23.0 Å². The second-order valence-corrected chi connectivity index (χ2v) is 10.4. The molecule has 3 aromatic rings. The van der Waals surface area contributed by atoms with E-state index in [9.17, 15) is 18.7 Å². The number of carbonyl (C=O) groups excluding carboxylic acids is 1. The van der Waals surface area contributed by atoms with E-state index in [0.717, 1.165) is 9.87 Å². The fourth-order valence-corrected chi connectivity index (χ4v) is 4.56. The maximum absolute atomic E-state index is 13.1. The molecule has 3 aromatic carbocycles. The van der Waals surface area contributed by atoms with Crippen molar-refractivity contribution in [3.05, 3.63) is 90.0 Å². The zero-order valence-electron chi connectivity index (χ0n) is 23.5. The minimum absolute atomic E-state index is 0.0120. The molecule has 0 aromatic heterocycles. The van der Waals surface area contributed by atoms with Gasteiger partial charge in [-0.15, -0.1) is 0 Å². The van der Waals surface area contributed by atoms with Gasteiger partial charge < -0.3 is 38.7 Å². The smallest absolute Gasteiger partial charge is 0.251 e. The number of ether oxygens (including phenoxy) is 5. The molecule has 1 aliphatic heterocycles. The minimum Gasteiger partial charge on any atom is -0.755 e. The number of hydrogen-bond acceptors (Lipinski definition) is 9. The summed E-state index contributed by atoms with van der Waals surface area (Å²) in [7, 11) is 1.47. The zero-order valence-corrected chi connectivity index (χ0v) is 24.3. The summed E-state index contributed by atoms with van der Waals surface area (Å²) in [5.74, 6) is 0.135. The molecule has 0 spiro atoms. The highest BCUT2D eigenvalue weighted by Crippen LogP contribution is 2.46. The maximum Gasteiger partial charge on any atom is 0.251 e. The molecule has 2 atom stereocenters. The maximum atomic E-state index is 13.1. The number of amides is 1. The van der Waals surface area contributed by atoms with Gasteiger partial charge in [-0.25, -0.2) is 4.31 Å². The predicted molar refractivity (Wildman–Crippen MR) is 155 cm³/mol. The summed E-state index contributed by atoms with van der Waals surface area (Å²) >= 11 is -2.97. The molecule has 0 bridgehead atoms. The van der Waals surface area contributed by atoms with Crippen LogP contribution < -0.4 is 23.8 Å². The summed E-state index contributed by atoms with van der Waals surface area (Å²) in [5, 5.41) is 12.3. The van der Waals surface area contributed by atoms with E-state index in [2.05, 4.69) is 5.32 Å². The quantitative estimate of drug-likeness (QED) is 0.261. The molecule has 0 aliphatic carbocycles. The van der Waals surface area contributed by atoms with E-state index in [1.165, 1.54) is 25.5 Å². The van der Waals surface area contributed by atoms with Crippen LogP contribution in [0.4, 0.5) is 5.69 Å². The molecule has 0 radical (unpaired) electrons. The van der Waals surface area contributed by atoms with Crippen molar-refractivity contribution >= 4 is 22.9 Å². The van der Waals surface area contributed by atoms with Crippen molar-refractivity contribution < 1.29 is 42.3 Å². The van der Waals surface area contributed by atoms with Gasteiger partial charge in [0, 0.05) is 18.5 Å². The third kappa shape index (κ3) is 7.72. The van der Waals surface area contributed by atoms with E-state index >= 15 is 0 Å². The molecule has 12 heteroatoms. The fourth-order valence-electron chi connectivity index (χ4n) is 4.04. The van der Waals surface area contributed by atoms with Gasteiger partial charge in [0.15, 0.2) is 23.0 Å². The number of rotatable bonds is 14. The van der Waals surface area contributed by atoms with E-state index < -0.39 is 23.5 Å². The van der Waals surface area contributed by atoms with Gasteiger partial charge in [0.2, 0.25) is 12.2 Å². The topological polar surface area (TPSA) is 139 Å². The molecule has 0 saturated carbocycles. The van der Waals surface area contributed by atoms with E-state index in [1.807, 2.05) is 44.2 Å². The van der Waals surface area contributed by atoms with Crippen molar-refractivity contribution in [3.63, 3.8) is 0 Å². The summed E-state index contributed by atoms with van der Waals surface area (Å²) < 4.78 is 55.3. The first-order chi connectivity index (χ1) is 20.3. The van der Waals surface area contributed by atoms with Gasteiger partial charge in [-0.05, 0) is 35.7 Å². The molecule has 2 N–H and O–H groups in total. The summed E-state index contributed by atoms with van der Waals surface area (Å²) in [6.45, 7) is 3.79. The molecule has 0 saturated heterocycles. The average molecular weight is 598 g/mol. The van der Waals surface area contributed by atoms with Gasteiger partial charge in [0.25, 0.3) is 5.91 Å². The predicted octanol–water partition coefficient (Wildman–Crippen LogP) is 4.26. The molecule has 224 valence electrons. The number of aliphatic hydroxyl groups excluding tert-OH is 1. The van der Waals surface area contributed by atoms with Gasteiger partial charge in [0.1, 0.15) is 18.6 Å². The van der Waals surface area contributed by atoms with Crippen molar-refractivity contribution in [2.75, 3.05) is 31.2 Å². The SMILES string of the molecule is COc1ccccc1Oc1c(OCCO)cc(C(=O)NCC(C)C)cc1N(C1=COC(Cc2ccccc2)O1)S(=O)[O-]. The Bertz CT molecular complexity index is 1420. The molecule has 11 nitrogen and oxygen atoms in total. The Morgan fingerprint density at radius 2 is 1.81 bits per heavy atom. The van der Waals surface area contributed by atoms with E-state index in [-0.39, 0.29) is 53.5 Å².